The first-order chi connectivity index (χ1) is 11.6. The number of hydrogen-bond acceptors (Lipinski definition) is 5. The maximum Gasteiger partial charge on any atom is 0.345 e. The van der Waals surface area contributed by atoms with Crippen LogP contribution in [0.3, 0.4) is 0 Å². The summed E-state index contributed by atoms with van der Waals surface area (Å²) < 4.78 is 12.3. The van der Waals surface area contributed by atoms with Crippen LogP contribution in [0.2, 0.25) is 0 Å². The van der Waals surface area contributed by atoms with Crippen LogP contribution in [0, 0.1) is 12.8 Å². The molecule has 128 valence electrons. The van der Waals surface area contributed by atoms with Crippen molar-refractivity contribution < 1.29 is 14.3 Å². The van der Waals surface area contributed by atoms with Crippen molar-refractivity contribution in [2.45, 2.75) is 13.3 Å². The van der Waals surface area contributed by atoms with Gasteiger partial charge in [0.25, 0.3) is 0 Å². The largest absolute Gasteiger partial charge is 0.481 e. The highest BCUT2D eigenvalue weighted by Crippen LogP contribution is 2.25. The molecule has 1 aliphatic heterocycles. The topological polar surface area (TPSA) is 56.6 Å². The number of methoxy groups -OCH3 is 1. The Morgan fingerprint density at radius 2 is 2.08 bits per heavy atom. The molecule has 6 heteroatoms. The lowest BCUT2D eigenvalue weighted by Crippen LogP contribution is -2.22. The molecule has 2 aromatic rings. The molecule has 1 saturated heterocycles. The molecule has 0 unspecified atom stereocenters. The van der Waals surface area contributed by atoms with Crippen LogP contribution in [0.25, 0.3) is 0 Å². The Balaban J connectivity index is 1.58. The minimum absolute atomic E-state index is 0.345. The van der Waals surface area contributed by atoms with Crippen molar-refractivity contribution in [3.05, 3.63) is 41.6 Å². The molecule has 24 heavy (non-hydrogen) atoms. The lowest BCUT2D eigenvalue weighted by Gasteiger charge is -2.18. The number of hydrogen-bond donors (Lipinski definition) is 0. The number of aryl methyl sites for hydroxylation is 2. The van der Waals surface area contributed by atoms with Crippen molar-refractivity contribution in [2.24, 2.45) is 13.0 Å². The fraction of sp³-hybridized carbons (Fsp3) is 0.444. The summed E-state index contributed by atoms with van der Waals surface area (Å²) in [5, 5.41) is 4.22. The molecule has 0 N–H and O–H groups in total. The van der Waals surface area contributed by atoms with Gasteiger partial charge in [-0.05, 0) is 25.5 Å². The van der Waals surface area contributed by atoms with Crippen molar-refractivity contribution >= 4 is 11.7 Å². The molecular formula is C18H23N3O3. The number of carbonyl (C=O) groups is 1. The van der Waals surface area contributed by atoms with Crippen molar-refractivity contribution in [3.63, 3.8) is 0 Å². The lowest BCUT2D eigenvalue weighted by molar-refractivity contribution is 0.0446. The van der Waals surface area contributed by atoms with Gasteiger partial charge in [-0.2, -0.15) is 5.10 Å². The summed E-state index contributed by atoms with van der Waals surface area (Å²) in [5.74, 6) is 0.419. The summed E-state index contributed by atoms with van der Waals surface area (Å²) in [6.45, 7) is 4.09. The second-order valence-electron chi connectivity index (χ2n) is 6.13. The zero-order valence-electron chi connectivity index (χ0n) is 14.4. The highest BCUT2D eigenvalue weighted by Gasteiger charge is 2.27. The summed E-state index contributed by atoms with van der Waals surface area (Å²) in [5.41, 5.74) is 2.26. The Bertz CT molecular complexity index is 712. The number of benzene rings is 1. The Morgan fingerprint density at radius 3 is 2.79 bits per heavy atom. The van der Waals surface area contributed by atoms with E-state index in [0.29, 0.717) is 29.7 Å². The van der Waals surface area contributed by atoms with E-state index in [0.717, 1.165) is 19.5 Å². The summed E-state index contributed by atoms with van der Waals surface area (Å²) in [4.78, 5) is 14.7. The maximum absolute atomic E-state index is 12.4. The number of carbonyl (C=O) groups excluding carboxylic acids is 1. The van der Waals surface area contributed by atoms with E-state index in [-0.39, 0.29) is 5.97 Å². The summed E-state index contributed by atoms with van der Waals surface area (Å²) in [6, 6.07) is 10.3. The van der Waals surface area contributed by atoms with Crippen LogP contribution in [-0.4, -0.2) is 42.6 Å². The number of anilines is 1. The third-order valence-corrected chi connectivity index (χ3v) is 4.42. The number of esters is 1. The van der Waals surface area contributed by atoms with Gasteiger partial charge in [-0.1, -0.05) is 18.2 Å². The summed E-state index contributed by atoms with van der Waals surface area (Å²) in [6.07, 6.45) is 1.02. The predicted molar refractivity (Wildman–Crippen MR) is 91.5 cm³/mol. The minimum atomic E-state index is -0.365. The zero-order valence-corrected chi connectivity index (χ0v) is 14.4. The normalized spacial score (nSPS) is 17.1. The SMILES string of the molecule is COc1c(C(=O)OC[C@@H]2CCN(c3ccccc3)C2)c(C)nn1C. The van der Waals surface area contributed by atoms with Crippen LogP contribution in [0.15, 0.2) is 30.3 Å². The van der Waals surface area contributed by atoms with Gasteiger partial charge in [0.1, 0.15) is 5.56 Å². The van der Waals surface area contributed by atoms with E-state index in [1.54, 1.807) is 18.7 Å². The van der Waals surface area contributed by atoms with Gasteiger partial charge in [0.2, 0.25) is 5.88 Å². The van der Waals surface area contributed by atoms with Gasteiger partial charge in [-0.3, -0.25) is 0 Å². The fourth-order valence-electron chi connectivity index (χ4n) is 3.21. The second kappa shape index (κ2) is 6.95. The molecular weight excluding hydrogens is 306 g/mol. The van der Waals surface area contributed by atoms with E-state index in [1.807, 2.05) is 18.2 Å². The van der Waals surface area contributed by atoms with E-state index in [4.69, 9.17) is 9.47 Å². The lowest BCUT2D eigenvalue weighted by atomic mass is 10.1. The van der Waals surface area contributed by atoms with Gasteiger partial charge in [-0.15, -0.1) is 0 Å². The molecule has 3 rings (SSSR count). The van der Waals surface area contributed by atoms with E-state index >= 15 is 0 Å². The van der Waals surface area contributed by atoms with Crippen LogP contribution in [0.1, 0.15) is 22.5 Å². The second-order valence-corrected chi connectivity index (χ2v) is 6.13. The number of para-hydroxylation sites is 1. The van der Waals surface area contributed by atoms with Gasteiger partial charge in [0, 0.05) is 31.7 Å². The predicted octanol–water partition coefficient (Wildman–Crippen LogP) is 2.42. The minimum Gasteiger partial charge on any atom is -0.481 e. The first-order valence-corrected chi connectivity index (χ1v) is 8.15. The van der Waals surface area contributed by atoms with Crippen LogP contribution >= 0.6 is 0 Å². The van der Waals surface area contributed by atoms with Gasteiger partial charge in [-0.25, -0.2) is 9.48 Å². The highest BCUT2D eigenvalue weighted by molar-refractivity contribution is 5.93. The molecule has 1 aromatic heterocycles. The average Bonchev–Trinajstić information content (AvgIpc) is 3.17. The number of nitrogens with zero attached hydrogens (tertiary/aromatic N) is 3. The van der Waals surface area contributed by atoms with Gasteiger partial charge in [0.05, 0.1) is 19.4 Å². The van der Waals surface area contributed by atoms with Crippen molar-refractivity contribution in [1.82, 2.24) is 9.78 Å². The molecule has 0 amide bonds. The van der Waals surface area contributed by atoms with Gasteiger partial charge in [0.15, 0.2) is 0 Å². The monoisotopic (exact) mass is 329 g/mol. The third-order valence-electron chi connectivity index (χ3n) is 4.42. The Morgan fingerprint density at radius 1 is 1.33 bits per heavy atom. The van der Waals surface area contributed by atoms with Crippen molar-refractivity contribution in [1.29, 1.82) is 0 Å². The zero-order chi connectivity index (χ0) is 17.1. The molecule has 2 heterocycles. The van der Waals surface area contributed by atoms with Crippen molar-refractivity contribution in [3.8, 4) is 5.88 Å². The van der Waals surface area contributed by atoms with Crippen LogP contribution in [0.5, 0.6) is 5.88 Å². The summed E-state index contributed by atoms with van der Waals surface area (Å²) >= 11 is 0. The average molecular weight is 329 g/mol. The molecule has 6 nitrogen and oxygen atoms in total. The maximum atomic E-state index is 12.4. The molecule has 0 saturated carbocycles. The number of rotatable bonds is 5. The van der Waals surface area contributed by atoms with E-state index in [2.05, 4.69) is 22.1 Å². The molecule has 0 radical (unpaired) electrons. The van der Waals surface area contributed by atoms with Crippen molar-refractivity contribution in [2.75, 3.05) is 31.7 Å². The quantitative estimate of drug-likeness (QED) is 0.789. The number of ether oxygens (including phenoxy) is 2. The van der Waals surface area contributed by atoms with Crippen LogP contribution in [-0.2, 0) is 11.8 Å². The summed E-state index contributed by atoms with van der Waals surface area (Å²) in [7, 11) is 3.28. The Hall–Kier alpha value is -2.50. The highest BCUT2D eigenvalue weighted by atomic mass is 16.5. The van der Waals surface area contributed by atoms with E-state index < -0.39 is 0 Å². The number of aromatic nitrogens is 2. The first-order valence-electron chi connectivity index (χ1n) is 8.15. The Labute approximate surface area is 142 Å². The molecule has 1 atom stereocenters. The molecule has 0 spiro atoms. The van der Waals surface area contributed by atoms with E-state index in [9.17, 15) is 4.79 Å². The van der Waals surface area contributed by atoms with Crippen LogP contribution in [0.4, 0.5) is 5.69 Å². The first kappa shape index (κ1) is 16.4. The Kier molecular flexibility index (Phi) is 4.74. The molecule has 0 aliphatic carbocycles. The smallest absolute Gasteiger partial charge is 0.345 e. The molecule has 1 fully saturated rings. The molecule has 0 bridgehead atoms. The van der Waals surface area contributed by atoms with E-state index in [1.165, 1.54) is 12.8 Å². The van der Waals surface area contributed by atoms with Crippen LogP contribution < -0.4 is 9.64 Å². The molecule has 1 aliphatic rings. The fourth-order valence-corrected chi connectivity index (χ4v) is 3.21. The van der Waals surface area contributed by atoms with Gasteiger partial charge >= 0.3 is 5.97 Å². The third kappa shape index (κ3) is 3.22. The molecule has 1 aromatic carbocycles. The standard InChI is InChI=1S/C18H23N3O3/c1-13-16(17(23-3)20(2)19-13)18(22)24-12-14-9-10-21(11-14)15-7-5-4-6-8-15/h4-8,14H,9-12H2,1-3H3/t14-/m1/s1. The van der Waals surface area contributed by atoms with Gasteiger partial charge < -0.3 is 14.4 Å².